The zero-order chi connectivity index (χ0) is 21.6. The number of rotatable bonds is 3. The number of nitrogens with one attached hydrogen (secondary N) is 1. The van der Waals surface area contributed by atoms with Gasteiger partial charge in [-0.05, 0) is 30.3 Å². The summed E-state index contributed by atoms with van der Waals surface area (Å²) in [5.74, 6) is -2.07. The first-order valence-corrected chi connectivity index (χ1v) is 10.1. The fraction of sp³-hybridized carbons (Fsp3) is 0.0526. The Balaban J connectivity index is 1.78. The maximum absolute atomic E-state index is 13.1. The minimum Gasteiger partial charge on any atom is -0.480 e. The largest absolute Gasteiger partial charge is 0.480 e. The van der Waals surface area contributed by atoms with E-state index < -0.39 is 27.8 Å². The number of benzene rings is 2. The number of primary sulfonamides is 1. The average Bonchev–Trinajstić information content (AvgIpc) is 2.71. The Morgan fingerprint density at radius 1 is 1.17 bits per heavy atom. The minimum absolute atomic E-state index is 0.0422. The van der Waals surface area contributed by atoms with Gasteiger partial charge in [0, 0.05) is 5.56 Å². The predicted octanol–water partition coefficient (Wildman–Crippen LogP) is 1.14. The van der Waals surface area contributed by atoms with E-state index >= 15 is 0 Å². The number of aliphatic hydroxyl groups excluding tert-OH is 1. The Bertz CT molecular complexity index is 1280. The second kappa shape index (κ2) is 6.80. The Morgan fingerprint density at radius 2 is 1.83 bits per heavy atom. The van der Waals surface area contributed by atoms with Gasteiger partial charge in [0.05, 0.1) is 28.1 Å². The molecule has 2 aliphatic rings. The second-order valence-corrected chi connectivity index (χ2v) is 8.09. The van der Waals surface area contributed by atoms with Crippen LogP contribution in [0.1, 0.15) is 11.5 Å². The van der Waals surface area contributed by atoms with Crippen LogP contribution in [0.2, 0.25) is 0 Å². The topological polar surface area (TPSA) is 172 Å². The Hall–Kier alpha value is -4.01. The summed E-state index contributed by atoms with van der Waals surface area (Å²) in [6.45, 7) is 0. The number of fused-ring (bicyclic) bond motifs is 3. The van der Waals surface area contributed by atoms with E-state index in [1.807, 2.05) is 6.07 Å². The summed E-state index contributed by atoms with van der Waals surface area (Å²) >= 11 is 0. The van der Waals surface area contributed by atoms with Crippen molar-refractivity contribution in [3.63, 3.8) is 0 Å². The Morgan fingerprint density at radius 3 is 2.47 bits per heavy atom. The summed E-state index contributed by atoms with van der Waals surface area (Å²) in [7, 11) is -3.88. The highest BCUT2D eigenvalue weighted by molar-refractivity contribution is 7.89. The molecule has 10 nitrogen and oxygen atoms in total. The third-order valence-electron chi connectivity index (χ3n) is 4.74. The predicted molar refractivity (Wildman–Crippen MR) is 105 cm³/mol. The number of ether oxygens (including phenoxy) is 1. The van der Waals surface area contributed by atoms with Gasteiger partial charge >= 0.3 is 0 Å². The first kappa shape index (κ1) is 19.3. The summed E-state index contributed by atoms with van der Waals surface area (Å²) in [6, 6.07) is 13.9. The van der Waals surface area contributed by atoms with Crippen LogP contribution in [0.25, 0.3) is 0 Å². The molecule has 0 aromatic heterocycles. The van der Waals surface area contributed by atoms with E-state index in [-0.39, 0.29) is 21.9 Å². The Labute approximate surface area is 171 Å². The number of anilines is 1. The second-order valence-electron chi connectivity index (χ2n) is 6.52. The van der Waals surface area contributed by atoms with Crippen LogP contribution in [-0.2, 0) is 14.8 Å². The van der Waals surface area contributed by atoms with Crippen LogP contribution in [0.3, 0.4) is 0 Å². The minimum atomic E-state index is -3.88. The van der Waals surface area contributed by atoms with Crippen molar-refractivity contribution in [1.82, 2.24) is 5.01 Å². The van der Waals surface area contributed by atoms with Gasteiger partial charge in [-0.15, -0.1) is 0 Å². The van der Waals surface area contributed by atoms with Gasteiger partial charge in [0.1, 0.15) is 17.1 Å². The fourth-order valence-electron chi connectivity index (χ4n) is 3.34. The standard InChI is InChI=1S/C19H15N5O5S/c20-9-13-15-12-3-1-2-4-14(12)29-19(26)16(15)18(25)24(17(13)21)23-10-5-7-11(8-6-10)30(22,27)28/h1-8,15,23,26H,21H2,(H2,22,27,28). The average molecular weight is 425 g/mol. The number of sulfonamides is 1. The first-order valence-electron chi connectivity index (χ1n) is 8.56. The molecule has 0 fully saturated rings. The van der Waals surface area contributed by atoms with E-state index in [0.29, 0.717) is 17.0 Å². The van der Waals surface area contributed by atoms with Crippen LogP contribution in [-0.4, -0.2) is 24.4 Å². The number of nitrogens with two attached hydrogens (primary N) is 2. The summed E-state index contributed by atoms with van der Waals surface area (Å²) in [5, 5.41) is 26.1. The van der Waals surface area contributed by atoms with Crippen molar-refractivity contribution in [1.29, 1.82) is 5.26 Å². The van der Waals surface area contributed by atoms with Crippen LogP contribution >= 0.6 is 0 Å². The molecule has 152 valence electrons. The molecule has 0 saturated heterocycles. The molecule has 2 aromatic carbocycles. The molecule has 6 N–H and O–H groups in total. The lowest BCUT2D eigenvalue weighted by molar-refractivity contribution is -0.125. The highest BCUT2D eigenvalue weighted by Crippen LogP contribution is 2.46. The number of hydrogen-bond acceptors (Lipinski definition) is 8. The molecule has 1 atom stereocenters. The Kier molecular flexibility index (Phi) is 4.38. The lowest BCUT2D eigenvalue weighted by Gasteiger charge is -2.36. The number of hydrazine groups is 1. The summed E-state index contributed by atoms with van der Waals surface area (Å²) in [4.78, 5) is 13.0. The number of para-hydroxylation sites is 1. The molecule has 4 rings (SSSR count). The summed E-state index contributed by atoms with van der Waals surface area (Å²) < 4.78 is 28.1. The number of carbonyl (C=O) groups is 1. The van der Waals surface area contributed by atoms with Crippen molar-refractivity contribution in [3.8, 4) is 11.8 Å². The van der Waals surface area contributed by atoms with Crippen LogP contribution in [0.4, 0.5) is 5.69 Å². The van der Waals surface area contributed by atoms with E-state index in [0.717, 1.165) is 5.01 Å². The van der Waals surface area contributed by atoms with E-state index in [1.165, 1.54) is 24.3 Å². The third kappa shape index (κ3) is 3.00. The molecule has 0 saturated carbocycles. The lowest BCUT2D eigenvalue weighted by atomic mass is 9.81. The van der Waals surface area contributed by atoms with Crippen LogP contribution in [0.5, 0.6) is 5.75 Å². The number of carbonyl (C=O) groups excluding carboxylic acids is 1. The monoisotopic (exact) mass is 425 g/mol. The van der Waals surface area contributed by atoms with Gasteiger partial charge in [-0.1, -0.05) is 18.2 Å². The number of amides is 1. The summed E-state index contributed by atoms with van der Waals surface area (Å²) in [5.41, 5.74) is 9.55. The van der Waals surface area contributed by atoms with Crippen molar-refractivity contribution in [2.75, 3.05) is 5.43 Å². The normalized spacial score (nSPS) is 18.3. The van der Waals surface area contributed by atoms with E-state index in [2.05, 4.69) is 5.43 Å². The molecular weight excluding hydrogens is 410 g/mol. The zero-order valence-electron chi connectivity index (χ0n) is 15.2. The number of hydrogen-bond donors (Lipinski definition) is 4. The number of nitriles is 1. The van der Waals surface area contributed by atoms with Crippen LogP contribution < -0.4 is 21.0 Å². The van der Waals surface area contributed by atoms with Gasteiger partial charge in [0.25, 0.3) is 11.9 Å². The molecule has 1 amide bonds. The number of aliphatic hydroxyl groups is 1. The van der Waals surface area contributed by atoms with Crippen molar-refractivity contribution in [2.24, 2.45) is 10.9 Å². The van der Waals surface area contributed by atoms with Crippen molar-refractivity contribution < 1.29 is 23.1 Å². The molecule has 0 aliphatic carbocycles. The van der Waals surface area contributed by atoms with Gasteiger partial charge in [0.2, 0.25) is 10.0 Å². The molecule has 11 heteroatoms. The molecule has 2 aromatic rings. The quantitative estimate of drug-likeness (QED) is 0.567. The lowest BCUT2D eigenvalue weighted by Crippen LogP contribution is -2.46. The van der Waals surface area contributed by atoms with Gasteiger partial charge < -0.3 is 15.6 Å². The zero-order valence-corrected chi connectivity index (χ0v) is 16.1. The van der Waals surface area contributed by atoms with Gasteiger partial charge in [0.15, 0.2) is 0 Å². The molecule has 2 aliphatic heterocycles. The maximum Gasteiger partial charge on any atom is 0.292 e. The first-order chi connectivity index (χ1) is 14.2. The van der Waals surface area contributed by atoms with Crippen molar-refractivity contribution in [2.45, 2.75) is 10.8 Å². The molecule has 0 radical (unpaired) electrons. The van der Waals surface area contributed by atoms with Crippen molar-refractivity contribution in [3.05, 3.63) is 77.0 Å². The highest BCUT2D eigenvalue weighted by atomic mass is 32.2. The fourth-order valence-corrected chi connectivity index (χ4v) is 3.86. The van der Waals surface area contributed by atoms with E-state index in [9.17, 15) is 23.6 Å². The van der Waals surface area contributed by atoms with Crippen molar-refractivity contribution >= 4 is 21.6 Å². The third-order valence-corrected chi connectivity index (χ3v) is 5.67. The SMILES string of the molecule is N#CC1=C(N)N(Nc2ccc(S(N)(=O)=O)cc2)C(=O)C2=C(O)Oc3ccccc3C12. The van der Waals surface area contributed by atoms with Gasteiger partial charge in [-0.25, -0.2) is 18.6 Å². The summed E-state index contributed by atoms with van der Waals surface area (Å²) in [6.07, 6.45) is 0. The number of nitrogens with zero attached hydrogens (tertiary/aromatic N) is 2. The molecule has 2 heterocycles. The van der Waals surface area contributed by atoms with E-state index in [1.54, 1.807) is 24.3 Å². The molecule has 1 unspecified atom stereocenters. The van der Waals surface area contributed by atoms with Crippen LogP contribution in [0.15, 0.2) is 76.3 Å². The number of allylic oxidation sites excluding steroid dienone is 1. The molecular formula is C19H15N5O5S. The molecule has 0 spiro atoms. The van der Waals surface area contributed by atoms with Crippen LogP contribution in [0, 0.1) is 11.3 Å². The maximum atomic E-state index is 13.1. The van der Waals surface area contributed by atoms with E-state index in [4.69, 9.17) is 15.6 Å². The van der Waals surface area contributed by atoms with Gasteiger partial charge in [-0.3, -0.25) is 10.2 Å². The smallest absolute Gasteiger partial charge is 0.292 e. The molecule has 0 bridgehead atoms. The van der Waals surface area contributed by atoms with Gasteiger partial charge in [-0.2, -0.15) is 5.26 Å². The molecule has 30 heavy (non-hydrogen) atoms. The highest BCUT2D eigenvalue weighted by Gasteiger charge is 2.45.